The van der Waals surface area contributed by atoms with E-state index in [1.165, 1.54) is 5.56 Å². The maximum atomic E-state index is 13.2. The number of hydrogen-bond acceptors (Lipinski definition) is 6. The molecule has 0 saturated carbocycles. The highest BCUT2D eigenvalue weighted by molar-refractivity contribution is 6.35. The minimum absolute atomic E-state index is 0.0867. The van der Waals surface area contributed by atoms with Crippen molar-refractivity contribution < 1.29 is 14.3 Å². The lowest BCUT2D eigenvalue weighted by molar-refractivity contribution is 0.0563. The van der Waals surface area contributed by atoms with Crippen molar-refractivity contribution in [3.05, 3.63) is 64.7 Å². The standard InChI is InChI=1S/C27H32ClN5O3/c1-29-9-14-36-27(35)33-12-10-32(11-13-33)26(34)21-7-8-22-23(28)17-24(30-25(22)16-21)20-6-4-5-19(15-20)18-31(2)3/h4-8,15-17,29H,9-14,18H2,1-3H3. The topological polar surface area (TPSA) is 78.0 Å². The van der Waals surface area contributed by atoms with Crippen LogP contribution in [0.15, 0.2) is 48.5 Å². The fraction of sp³-hybridized carbons (Fsp3) is 0.370. The quantitative estimate of drug-likeness (QED) is 0.489. The minimum Gasteiger partial charge on any atom is -0.448 e. The van der Waals surface area contributed by atoms with E-state index >= 15 is 0 Å². The zero-order valence-electron chi connectivity index (χ0n) is 21.0. The van der Waals surface area contributed by atoms with Crippen LogP contribution in [0.25, 0.3) is 22.2 Å². The predicted molar refractivity (Wildman–Crippen MR) is 142 cm³/mol. The van der Waals surface area contributed by atoms with Crippen LogP contribution >= 0.6 is 11.6 Å². The Labute approximate surface area is 216 Å². The number of carbonyl (C=O) groups is 2. The van der Waals surface area contributed by atoms with E-state index in [0.717, 1.165) is 23.2 Å². The van der Waals surface area contributed by atoms with E-state index in [9.17, 15) is 9.59 Å². The molecule has 36 heavy (non-hydrogen) atoms. The molecule has 0 bridgehead atoms. The Morgan fingerprint density at radius 3 is 2.53 bits per heavy atom. The molecule has 1 fully saturated rings. The van der Waals surface area contributed by atoms with Crippen LogP contribution < -0.4 is 5.32 Å². The maximum absolute atomic E-state index is 13.2. The molecule has 1 N–H and O–H groups in total. The van der Waals surface area contributed by atoms with Gasteiger partial charge in [0, 0.05) is 55.8 Å². The molecule has 8 nitrogen and oxygen atoms in total. The van der Waals surface area contributed by atoms with E-state index in [1.807, 2.05) is 38.4 Å². The van der Waals surface area contributed by atoms with Gasteiger partial charge in [0.1, 0.15) is 6.61 Å². The van der Waals surface area contributed by atoms with E-state index in [2.05, 4.69) is 22.3 Å². The van der Waals surface area contributed by atoms with Crippen molar-refractivity contribution in [2.75, 3.05) is 60.5 Å². The Bertz CT molecular complexity index is 1240. The van der Waals surface area contributed by atoms with Crippen LogP contribution in [-0.4, -0.2) is 92.2 Å². The number of nitrogens with zero attached hydrogens (tertiary/aromatic N) is 4. The number of ether oxygens (including phenoxy) is 1. The highest BCUT2D eigenvalue weighted by atomic mass is 35.5. The third kappa shape index (κ3) is 6.13. The molecular formula is C27H32ClN5O3. The zero-order chi connectivity index (χ0) is 25.7. The van der Waals surface area contributed by atoms with Crippen molar-refractivity contribution >= 4 is 34.5 Å². The van der Waals surface area contributed by atoms with E-state index in [-0.39, 0.29) is 12.0 Å². The summed E-state index contributed by atoms with van der Waals surface area (Å²) in [5.41, 5.74) is 4.16. The molecule has 1 aromatic heterocycles. The van der Waals surface area contributed by atoms with Gasteiger partial charge < -0.3 is 24.8 Å². The molecule has 0 spiro atoms. The number of piperazine rings is 1. The number of fused-ring (bicyclic) bond motifs is 1. The second-order valence-electron chi connectivity index (χ2n) is 9.16. The van der Waals surface area contributed by atoms with Crippen LogP contribution in [0.4, 0.5) is 4.79 Å². The Hall–Kier alpha value is -3.20. The smallest absolute Gasteiger partial charge is 0.409 e. The number of pyridine rings is 1. The van der Waals surface area contributed by atoms with Gasteiger partial charge in [-0.1, -0.05) is 35.9 Å². The number of carbonyl (C=O) groups excluding carboxylic acids is 2. The Morgan fingerprint density at radius 2 is 1.81 bits per heavy atom. The summed E-state index contributed by atoms with van der Waals surface area (Å²) in [5, 5.41) is 4.34. The molecule has 190 valence electrons. The van der Waals surface area contributed by atoms with E-state index < -0.39 is 0 Å². The highest BCUT2D eigenvalue weighted by Gasteiger charge is 2.26. The summed E-state index contributed by atoms with van der Waals surface area (Å²) in [6.45, 7) is 3.53. The van der Waals surface area contributed by atoms with E-state index in [0.29, 0.717) is 55.4 Å². The first-order valence-corrected chi connectivity index (χ1v) is 12.4. The van der Waals surface area contributed by atoms with Gasteiger partial charge in [0.2, 0.25) is 0 Å². The first-order chi connectivity index (χ1) is 17.4. The molecule has 0 radical (unpaired) electrons. The molecular weight excluding hydrogens is 478 g/mol. The highest BCUT2D eigenvalue weighted by Crippen LogP contribution is 2.29. The summed E-state index contributed by atoms with van der Waals surface area (Å²) in [5.74, 6) is -0.0867. The first-order valence-electron chi connectivity index (χ1n) is 12.1. The Balaban J connectivity index is 1.50. The number of likely N-dealkylation sites (N-methyl/N-ethyl adjacent to an activating group) is 1. The van der Waals surface area contributed by atoms with Gasteiger partial charge in [-0.25, -0.2) is 9.78 Å². The fourth-order valence-corrected chi connectivity index (χ4v) is 4.53. The molecule has 3 aromatic rings. The van der Waals surface area contributed by atoms with Gasteiger partial charge in [-0.15, -0.1) is 0 Å². The average Bonchev–Trinajstić information content (AvgIpc) is 2.88. The van der Waals surface area contributed by atoms with Crippen LogP contribution in [0.2, 0.25) is 5.02 Å². The lowest BCUT2D eigenvalue weighted by Crippen LogP contribution is -2.50. The molecule has 0 atom stereocenters. The van der Waals surface area contributed by atoms with E-state index in [1.54, 1.807) is 29.0 Å². The fourth-order valence-electron chi connectivity index (χ4n) is 4.27. The van der Waals surface area contributed by atoms with E-state index in [4.69, 9.17) is 21.3 Å². The average molecular weight is 510 g/mol. The van der Waals surface area contributed by atoms with Crippen molar-refractivity contribution in [1.82, 2.24) is 25.0 Å². The largest absolute Gasteiger partial charge is 0.448 e. The molecule has 1 aliphatic heterocycles. The normalized spacial score (nSPS) is 13.9. The first kappa shape index (κ1) is 25.9. The molecule has 4 rings (SSSR count). The predicted octanol–water partition coefficient (Wildman–Crippen LogP) is 3.73. The van der Waals surface area contributed by atoms with Gasteiger partial charge in [0.25, 0.3) is 5.91 Å². The van der Waals surface area contributed by atoms with Gasteiger partial charge in [-0.2, -0.15) is 0 Å². The maximum Gasteiger partial charge on any atom is 0.409 e. The summed E-state index contributed by atoms with van der Waals surface area (Å²) in [6.07, 6.45) is -0.343. The molecule has 2 heterocycles. The van der Waals surface area contributed by atoms with Crippen LogP contribution in [0.3, 0.4) is 0 Å². The Kier molecular flexibility index (Phi) is 8.40. The van der Waals surface area contributed by atoms with Crippen LogP contribution in [-0.2, 0) is 11.3 Å². The second kappa shape index (κ2) is 11.7. The Morgan fingerprint density at radius 1 is 1.06 bits per heavy atom. The second-order valence-corrected chi connectivity index (χ2v) is 9.56. The molecule has 1 aliphatic rings. The molecule has 9 heteroatoms. The molecule has 0 aliphatic carbocycles. The molecule has 1 saturated heterocycles. The monoisotopic (exact) mass is 509 g/mol. The summed E-state index contributed by atoms with van der Waals surface area (Å²) in [7, 11) is 5.87. The molecule has 2 aromatic carbocycles. The number of halogens is 1. The lowest BCUT2D eigenvalue weighted by Gasteiger charge is -2.34. The number of amides is 2. The third-order valence-electron chi connectivity index (χ3n) is 6.13. The van der Waals surface area contributed by atoms with Gasteiger partial charge in [0.05, 0.1) is 16.2 Å². The molecule has 2 amide bonds. The van der Waals surface area contributed by atoms with Crippen molar-refractivity contribution in [2.24, 2.45) is 0 Å². The van der Waals surface area contributed by atoms with Crippen LogP contribution in [0, 0.1) is 0 Å². The van der Waals surface area contributed by atoms with Crippen molar-refractivity contribution in [2.45, 2.75) is 6.54 Å². The zero-order valence-corrected chi connectivity index (χ0v) is 21.7. The minimum atomic E-state index is -0.343. The number of aromatic nitrogens is 1. The summed E-state index contributed by atoms with van der Waals surface area (Å²) in [4.78, 5) is 35.8. The van der Waals surface area contributed by atoms with Crippen molar-refractivity contribution in [3.8, 4) is 11.3 Å². The summed E-state index contributed by atoms with van der Waals surface area (Å²) < 4.78 is 5.23. The van der Waals surface area contributed by atoms with Crippen LogP contribution in [0.5, 0.6) is 0 Å². The number of benzene rings is 2. The summed E-state index contributed by atoms with van der Waals surface area (Å²) in [6, 6.07) is 15.5. The van der Waals surface area contributed by atoms with Gasteiger partial charge in [0.15, 0.2) is 0 Å². The summed E-state index contributed by atoms with van der Waals surface area (Å²) >= 11 is 6.61. The van der Waals surface area contributed by atoms with Crippen molar-refractivity contribution in [3.63, 3.8) is 0 Å². The number of nitrogens with one attached hydrogen (secondary N) is 1. The van der Waals surface area contributed by atoms with Gasteiger partial charge >= 0.3 is 6.09 Å². The van der Waals surface area contributed by atoms with Crippen molar-refractivity contribution in [1.29, 1.82) is 0 Å². The number of hydrogen-bond donors (Lipinski definition) is 1. The lowest BCUT2D eigenvalue weighted by atomic mass is 10.0. The van der Waals surface area contributed by atoms with Gasteiger partial charge in [-0.05, 0) is 51.0 Å². The molecule has 0 unspecified atom stereocenters. The van der Waals surface area contributed by atoms with Gasteiger partial charge in [-0.3, -0.25) is 4.79 Å². The number of rotatable bonds is 7. The van der Waals surface area contributed by atoms with Crippen LogP contribution in [0.1, 0.15) is 15.9 Å². The SMILES string of the molecule is CNCCOC(=O)N1CCN(C(=O)c2ccc3c(Cl)cc(-c4cccc(CN(C)C)c4)nc3c2)CC1. The third-order valence-corrected chi connectivity index (χ3v) is 6.44.